The van der Waals surface area contributed by atoms with Crippen LogP contribution in [0.5, 0.6) is 0 Å². The van der Waals surface area contributed by atoms with Gasteiger partial charge in [-0.2, -0.15) is 14.9 Å². The summed E-state index contributed by atoms with van der Waals surface area (Å²) in [4.78, 5) is 11.7. The van der Waals surface area contributed by atoms with Gasteiger partial charge in [-0.05, 0) is 30.8 Å². The molecule has 96 valence electrons. The van der Waals surface area contributed by atoms with E-state index in [0.29, 0.717) is 5.69 Å². The molecule has 0 aliphatic carbocycles. The summed E-state index contributed by atoms with van der Waals surface area (Å²) in [7, 11) is 0. The topological polar surface area (TPSA) is 63.0 Å². The van der Waals surface area contributed by atoms with Crippen LogP contribution >= 0.6 is 12.2 Å². The molecule has 0 saturated heterocycles. The number of rotatable bonds is 3. The molecule has 0 fully saturated rings. The average Bonchev–Trinajstić information content (AvgIpc) is 2.43. The van der Waals surface area contributed by atoms with E-state index in [0.717, 1.165) is 10.2 Å². The van der Waals surface area contributed by atoms with Gasteiger partial charge in [0.15, 0.2) is 0 Å². The molecule has 1 aromatic heterocycles. The molecule has 6 heteroatoms. The highest BCUT2D eigenvalue weighted by Gasteiger charge is 1.99. The van der Waals surface area contributed by atoms with Crippen LogP contribution < -0.4 is 5.56 Å². The molecule has 2 aromatic rings. The molecule has 2 rings (SSSR count). The van der Waals surface area contributed by atoms with Gasteiger partial charge in [-0.25, -0.2) is 0 Å². The number of hydrogen-bond donors (Lipinski definition) is 1. The van der Waals surface area contributed by atoms with Crippen molar-refractivity contribution in [2.45, 2.75) is 6.92 Å². The second-order valence-corrected chi connectivity index (χ2v) is 4.15. The van der Waals surface area contributed by atoms with Crippen molar-refractivity contribution in [1.29, 1.82) is 0 Å². The lowest BCUT2D eigenvalue weighted by molar-refractivity contribution is 0.721. The number of hydrogen-bond acceptors (Lipinski definition) is 4. The molecule has 0 spiro atoms. The van der Waals surface area contributed by atoms with Crippen LogP contribution in [0.15, 0.2) is 46.3 Å². The lowest BCUT2D eigenvalue weighted by Gasteiger charge is -1.97. The van der Waals surface area contributed by atoms with E-state index in [1.807, 2.05) is 36.4 Å². The van der Waals surface area contributed by atoms with E-state index in [4.69, 9.17) is 12.2 Å². The van der Waals surface area contributed by atoms with E-state index in [9.17, 15) is 4.79 Å². The van der Waals surface area contributed by atoms with Gasteiger partial charge >= 0.3 is 0 Å². The zero-order chi connectivity index (χ0) is 13.7. The van der Waals surface area contributed by atoms with Gasteiger partial charge in [-0.1, -0.05) is 36.4 Å². The fourth-order valence-corrected chi connectivity index (χ4v) is 1.58. The van der Waals surface area contributed by atoms with Crippen molar-refractivity contribution in [3.05, 3.63) is 62.8 Å². The number of benzene rings is 1. The SMILES string of the molecule is Cc1n[nH]c(=S)n(/N=C/C=C/c2ccccc2)c1=O. The molecule has 0 aliphatic rings. The third-order valence-corrected chi connectivity index (χ3v) is 2.63. The van der Waals surface area contributed by atoms with E-state index in [-0.39, 0.29) is 10.3 Å². The number of aromatic amines is 1. The predicted octanol–water partition coefficient (Wildman–Crippen LogP) is 2.16. The summed E-state index contributed by atoms with van der Waals surface area (Å²) >= 11 is 4.95. The van der Waals surface area contributed by atoms with Crippen molar-refractivity contribution >= 4 is 24.5 Å². The predicted molar refractivity (Wildman–Crippen MR) is 77.8 cm³/mol. The lowest BCUT2D eigenvalue weighted by Crippen LogP contribution is -2.22. The average molecular weight is 272 g/mol. The Balaban J connectivity index is 2.21. The maximum Gasteiger partial charge on any atom is 0.296 e. The first kappa shape index (κ1) is 13.1. The molecule has 0 bridgehead atoms. The van der Waals surface area contributed by atoms with Crippen molar-refractivity contribution < 1.29 is 0 Å². The number of nitrogens with one attached hydrogen (secondary N) is 1. The van der Waals surface area contributed by atoms with E-state index >= 15 is 0 Å². The third kappa shape index (κ3) is 3.32. The lowest BCUT2D eigenvalue weighted by atomic mass is 10.2. The third-order valence-electron chi connectivity index (χ3n) is 2.37. The van der Waals surface area contributed by atoms with E-state index < -0.39 is 0 Å². The quantitative estimate of drug-likeness (QED) is 0.688. The van der Waals surface area contributed by atoms with Gasteiger partial charge in [-0.15, -0.1) is 0 Å². The molecule has 1 aromatic carbocycles. The van der Waals surface area contributed by atoms with Crippen molar-refractivity contribution in [3.63, 3.8) is 0 Å². The van der Waals surface area contributed by atoms with Gasteiger partial charge in [0.25, 0.3) is 5.56 Å². The van der Waals surface area contributed by atoms with Crippen LogP contribution in [0.4, 0.5) is 0 Å². The Labute approximate surface area is 114 Å². The van der Waals surface area contributed by atoms with Crippen LogP contribution in [0.2, 0.25) is 0 Å². The Hall–Kier alpha value is -2.34. The van der Waals surface area contributed by atoms with Gasteiger partial charge in [0.05, 0.1) is 0 Å². The van der Waals surface area contributed by atoms with Gasteiger partial charge in [0.2, 0.25) is 4.77 Å². The first-order valence-corrected chi connectivity index (χ1v) is 6.04. The maximum atomic E-state index is 11.7. The summed E-state index contributed by atoms with van der Waals surface area (Å²) in [5.74, 6) is 0. The first-order chi connectivity index (χ1) is 9.18. The molecule has 0 saturated carbocycles. The molecule has 0 amide bonds. The molecule has 0 radical (unpaired) electrons. The van der Waals surface area contributed by atoms with Gasteiger partial charge in [0.1, 0.15) is 5.69 Å². The molecule has 1 N–H and O–H groups in total. The van der Waals surface area contributed by atoms with Crippen molar-refractivity contribution in [1.82, 2.24) is 14.9 Å². The first-order valence-electron chi connectivity index (χ1n) is 5.63. The Bertz CT molecular complexity index is 728. The van der Waals surface area contributed by atoms with Crippen LogP contribution in [0, 0.1) is 11.7 Å². The van der Waals surface area contributed by atoms with Crippen LogP contribution in [0.1, 0.15) is 11.3 Å². The highest BCUT2D eigenvalue weighted by atomic mass is 32.1. The van der Waals surface area contributed by atoms with Gasteiger partial charge in [-0.3, -0.25) is 9.89 Å². The molecule has 0 atom stereocenters. The van der Waals surface area contributed by atoms with Crippen LogP contribution in [0.25, 0.3) is 6.08 Å². The highest BCUT2D eigenvalue weighted by Crippen LogP contribution is 1.99. The molecular weight excluding hydrogens is 260 g/mol. The molecule has 0 aliphatic heterocycles. The maximum absolute atomic E-state index is 11.7. The highest BCUT2D eigenvalue weighted by molar-refractivity contribution is 7.71. The van der Waals surface area contributed by atoms with E-state index in [1.165, 1.54) is 6.21 Å². The molecular formula is C13H12N4OS. The summed E-state index contributed by atoms with van der Waals surface area (Å²) in [6, 6.07) is 9.79. The monoisotopic (exact) mass is 272 g/mol. The van der Waals surface area contributed by atoms with Crippen LogP contribution in [-0.2, 0) is 0 Å². The number of nitrogens with zero attached hydrogens (tertiary/aromatic N) is 3. The largest absolute Gasteiger partial charge is 0.296 e. The summed E-state index contributed by atoms with van der Waals surface area (Å²) in [5, 5.41) is 10.3. The standard InChI is InChI=1S/C13H12N4OS/c1-10-12(18)17(13(19)16-15-10)14-9-5-8-11-6-3-2-4-7-11/h2-9H,1H3,(H,16,19)/b8-5+,14-9+. The smallest absolute Gasteiger partial charge is 0.265 e. The normalized spacial score (nSPS) is 11.4. The number of H-pyrrole nitrogens is 1. The fourth-order valence-electron chi connectivity index (χ4n) is 1.40. The summed E-state index contributed by atoms with van der Waals surface area (Å²) in [5.41, 5.74) is 1.04. The Morgan fingerprint density at radius 1 is 1.37 bits per heavy atom. The summed E-state index contributed by atoms with van der Waals surface area (Å²) in [6.07, 6.45) is 5.14. The van der Waals surface area contributed by atoms with Gasteiger partial charge in [0, 0.05) is 6.21 Å². The fraction of sp³-hybridized carbons (Fsp3) is 0.0769. The molecule has 1 heterocycles. The van der Waals surface area contributed by atoms with Crippen molar-refractivity contribution in [2.24, 2.45) is 5.10 Å². The van der Waals surface area contributed by atoms with E-state index in [2.05, 4.69) is 15.3 Å². The van der Waals surface area contributed by atoms with Crippen LogP contribution in [0.3, 0.4) is 0 Å². The minimum Gasteiger partial charge on any atom is -0.265 e. The number of aryl methyl sites for hydroxylation is 1. The summed E-state index contributed by atoms with van der Waals surface area (Å²) in [6.45, 7) is 1.60. The Kier molecular flexibility index (Phi) is 4.15. The minimum atomic E-state index is -0.326. The van der Waals surface area contributed by atoms with Gasteiger partial charge < -0.3 is 0 Å². The second kappa shape index (κ2) is 6.01. The molecule has 19 heavy (non-hydrogen) atoms. The van der Waals surface area contributed by atoms with Crippen molar-refractivity contribution in [2.75, 3.05) is 0 Å². The van der Waals surface area contributed by atoms with E-state index in [1.54, 1.807) is 13.0 Å². The molecule has 5 nitrogen and oxygen atoms in total. The Morgan fingerprint density at radius 3 is 2.84 bits per heavy atom. The van der Waals surface area contributed by atoms with Crippen LogP contribution in [-0.4, -0.2) is 21.1 Å². The number of aromatic nitrogens is 3. The zero-order valence-electron chi connectivity index (χ0n) is 10.3. The second-order valence-electron chi connectivity index (χ2n) is 3.77. The zero-order valence-corrected chi connectivity index (χ0v) is 11.1. The Morgan fingerprint density at radius 2 is 2.11 bits per heavy atom. The molecule has 0 unspecified atom stereocenters. The number of allylic oxidation sites excluding steroid dienone is 1. The summed E-state index contributed by atoms with van der Waals surface area (Å²) < 4.78 is 1.27. The van der Waals surface area contributed by atoms with Crippen molar-refractivity contribution in [3.8, 4) is 0 Å². The minimum absolute atomic E-state index is 0.167.